The van der Waals surface area contributed by atoms with Crippen molar-refractivity contribution >= 4 is 28.0 Å². The summed E-state index contributed by atoms with van der Waals surface area (Å²) in [4.78, 5) is 11.0. The molecular formula is C16H13N3O4. The van der Waals surface area contributed by atoms with Crippen molar-refractivity contribution in [2.45, 2.75) is 0 Å². The number of benzene rings is 2. The number of pyridine rings is 1. The molecule has 3 rings (SSSR count). The number of ether oxygens (including phenoxy) is 1. The third-order valence-electron chi connectivity index (χ3n) is 3.47. The summed E-state index contributed by atoms with van der Waals surface area (Å²) in [5.74, 6) is 0.691. The molecule has 1 aromatic heterocycles. The first kappa shape index (κ1) is 14.6. The minimum absolute atomic E-state index is 0.136. The summed E-state index contributed by atoms with van der Waals surface area (Å²) in [6.45, 7) is 0. The highest BCUT2D eigenvalue weighted by molar-refractivity contribution is 5.93. The Balaban J connectivity index is 2.09. The third-order valence-corrected chi connectivity index (χ3v) is 3.47. The molecule has 0 saturated heterocycles. The predicted molar refractivity (Wildman–Crippen MR) is 85.8 cm³/mol. The topological polar surface area (TPSA) is 91.3 Å². The van der Waals surface area contributed by atoms with Crippen molar-refractivity contribution in [2.24, 2.45) is 0 Å². The van der Waals surface area contributed by atoms with Crippen LogP contribution in [-0.2, 0) is 0 Å². The zero-order valence-corrected chi connectivity index (χ0v) is 12.2. The molecule has 0 aliphatic rings. The van der Waals surface area contributed by atoms with Crippen LogP contribution in [0.25, 0.3) is 10.9 Å². The molecule has 0 aliphatic carbocycles. The van der Waals surface area contributed by atoms with Gasteiger partial charge in [-0.15, -0.1) is 0 Å². The van der Waals surface area contributed by atoms with Gasteiger partial charge >= 0.3 is 5.69 Å². The Labute approximate surface area is 131 Å². The molecule has 0 spiro atoms. The minimum Gasteiger partial charge on any atom is -0.618 e. The molecular weight excluding hydrogens is 298 g/mol. The molecule has 0 aliphatic heterocycles. The van der Waals surface area contributed by atoms with Gasteiger partial charge in [0.2, 0.25) is 5.52 Å². The summed E-state index contributed by atoms with van der Waals surface area (Å²) in [5.41, 5.74) is 1.11. The first-order valence-electron chi connectivity index (χ1n) is 6.80. The number of fused-ring (bicyclic) bond motifs is 1. The van der Waals surface area contributed by atoms with E-state index in [1.54, 1.807) is 43.5 Å². The van der Waals surface area contributed by atoms with Crippen LogP contribution in [0.1, 0.15) is 0 Å². The molecule has 116 valence electrons. The number of methoxy groups -OCH3 is 1. The SMILES string of the molecule is COc1ccc(Nc2ccc3c(ccc[n+]3[O-])c2[N+](=O)[O-])cc1. The van der Waals surface area contributed by atoms with Crippen LogP contribution in [-0.4, -0.2) is 12.0 Å². The summed E-state index contributed by atoms with van der Waals surface area (Å²) >= 11 is 0. The Hall–Kier alpha value is -3.35. The highest BCUT2D eigenvalue weighted by Crippen LogP contribution is 2.34. The maximum atomic E-state index is 11.8. The molecule has 0 radical (unpaired) electrons. The predicted octanol–water partition coefficient (Wildman–Crippen LogP) is 3.13. The molecule has 0 atom stereocenters. The lowest BCUT2D eigenvalue weighted by molar-refractivity contribution is -0.577. The van der Waals surface area contributed by atoms with Crippen molar-refractivity contribution < 1.29 is 14.4 Å². The van der Waals surface area contributed by atoms with E-state index in [4.69, 9.17) is 4.74 Å². The van der Waals surface area contributed by atoms with Crippen LogP contribution in [0.5, 0.6) is 5.75 Å². The zero-order valence-electron chi connectivity index (χ0n) is 12.2. The largest absolute Gasteiger partial charge is 0.618 e. The molecule has 0 amide bonds. The van der Waals surface area contributed by atoms with E-state index < -0.39 is 4.92 Å². The van der Waals surface area contributed by atoms with Crippen molar-refractivity contribution in [2.75, 3.05) is 12.4 Å². The Kier molecular flexibility index (Phi) is 3.68. The number of aromatic nitrogens is 1. The van der Waals surface area contributed by atoms with Crippen LogP contribution in [0.4, 0.5) is 17.1 Å². The maximum Gasteiger partial charge on any atom is 0.306 e. The molecule has 1 heterocycles. The van der Waals surface area contributed by atoms with Crippen molar-refractivity contribution in [1.29, 1.82) is 0 Å². The number of rotatable bonds is 4. The third kappa shape index (κ3) is 2.71. The summed E-state index contributed by atoms with van der Waals surface area (Å²) in [6, 6.07) is 13.1. The van der Waals surface area contributed by atoms with Crippen LogP contribution < -0.4 is 14.8 Å². The monoisotopic (exact) mass is 311 g/mol. The average molecular weight is 311 g/mol. The fourth-order valence-corrected chi connectivity index (χ4v) is 2.38. The van der Waals surface area contributed by atoms with E-state index in [1.807, 2.05) is 0 Å². The molecule has 7 heteroatoms. The number of hydrogen-bond donors (Lipinski definition) is 1. The smallest absolute Gasteiger partial charge is 0.306 e. The van der Waals surface area contributed by atoms with Crippen molar-refractivity contribution in [3.63, 3.8) is 0 Å². The van der Waals surface area contributed by atoms with Crippen LogP contribution in [0.3, 0.4) is 0 Å². The highest BCUT2D eigenvalue weighted by atomic mass is 16.6. The van der Waals surface area contributed by atoms with Gasteiger partial charge in [-0.1, -0.05) is 0 Å². The van der Waals surface area contributed by atoms with E-state index in [-0.39, 0.29) is 16.6 Å². The van der Waals surface area contributed by atoms with Gasteiger partial charge in [0.25, 0.3) is 0 Å². The van der Waals surface area contributed by atoms with Crippen LogP contribution in [0.2, 0.25) is 0 Å². The second kappa shape index (κ2) is 5.80. The lowest BCUT2D eigenvalue weighted by Crippen LogP contribution is -2.25. The van der Waals surface area contributed by atoms with Gasteiger partial charge in [-0.05, 0) is 36.4 Å². The lowest BCUT2D eigenvalue weighted by atomic mass is 10.1. The minimum atomic E-state index is -0.492. The second-order valence-electron chi connectivity index (χ2n) is 4.84. The molecule has 0 unspecified atom stereocenters. The fourth-order valence-electron chi connectivity index (χ4n) is 2.38. The number of nitro benzene ring substituents is 1. The summed E-state index contributed by atoms with van der Waals surface area (Å²) < 4.78 is 5.69. The molecule has 3 aromatic rings. The number of nitrogens with one attached hydrogen (secondary N) is 1. The molecule has 0 fully saturated rings. The fraction of sp³-hybridized carbons (Fsp3) is 0.0625. The van der Waals surface area contributed by atoms with Crippen molar-refractivity contribution in [3.8, 4) is 5.75 Å². The number of nitro groups is 1. The molecule has 23 heavy (non-hydrogen) atoms. The summed E-state index contributed by atoms with van der Waals surface area (Å²) in [6.07, 6.45) is 1.31. The van der Waals surface area contributed by atoms with Crippen LogP contribution >= 0.6 is 0 Å². The van der Waals surface area contributed by atoms with Gasteiger partial charge < -0.3 is 15.3 Å². The quantitative estimate of drug-likeness (QED) is 0.346. The van der Waals surface area contributed by atoms with Crippen molar-refractivity contribution in [3.05, 3.63) is 70.0 Å². The van der Waals surface area contributed by atoms with Crippen molar-refractivity contribution in [1.82, 2.24) is 0 Å². The molecule has 1 N–H and O–H groups in total. The number of nitrogens with zero attached hydrogens (tertiary/aromatic N) is 2. The van der Waals surface area contributed by atoms with E-state index in [0.717, 1.165) is 0 Å². The van der Waals surface area contributed by atoms with E-state index in [2.05, 4.69) is 5.32 Å². The Morgan fingerprint density at radius 1 is 1.13 bits per heavy atom. The molecule has 7 nitrogen and oxygen atoms in total. The Bertz CT molecular complexity index is 878. The number of anilines is 2. The molecule has 2 aromatic carbocycles. The standard InChI is InChI=1S/C16H13N3O4/c1-23-12-6-4-11(5-7-12)17-14-8-9-15-13(16(14)19(21)22)3-2-10-18(15)20/h2-10,17H,1H3. The maximum absolute atomic E-state index is 11.8. The highest BCUT2D eigenvalue weighted by Gasteiger charge is 2.22. The normalized spacial score (nSPS) is 10.5. The summed E-state index contributed by atoms with van der Waals surface area (Å²) in [7, 11) is 1.56. The van der Waals surface area contributed by atoms with E-state index in [1.165, 1.54) is 18.3 Å². The average Bonchev–Trinajstić information content (AvgIpc) is 2.55. The van der Waals surface area contributed by atoms with Gasteiger partial charge in [-0.3, -0.25) is 10.1 Å². The Morgan fingerprint density at radius 2 is 1.87 bits per heavy atom. The van der Waals surface area contributed by atoms with E-state index >= 15 is 0 Å². The summed E-state index contributed by atoms with van der Waals surface area (Å²) in [5, 5.41) is 26.5. The zero-order chi connectivity index (χ0) is 16.4. The Morgan fingerprint density at radius 3 is 2.52 bits per heavy atom. The van der Waals surface area contributed by atoms with E-state index in [9.17, 15) is 15.3 Å². The van der Waals surface area contributed by atoms with Gasteiger partial charge in [0.05, 0.1) is 12.0 Å². The van der Waals surface area contributed by atoms with Gasteiger partial charge in [-0.2, -0.15) is 4.73 Å². The van der Waals surface area contributed by atoms with E-state index in [0.29, 0.717) is 21.9 Å². The van der Waals surface area contributed by atoms with Crippen LogP contribution in [0.15, 0.2) is 54.7 Å². The lowest BCUT2D eigenvalue weighted by Gasteiger charge is -2.09. The van der Waals surface area contributed by atoms with Gasteiger partial charge in [0.15, 0.2) is 6.20 Å². The van der Waals surface area contributed by atoms with Gasteiger partial charge in [0, 0.05) is 17.8 Å². The second-order valence-corrected chi connectivity index (χ2v) is 4.84. The van der Waals surface area contributed by atoms with Crippen LogP contribution in [0, 0.1) is 15.3 Å². The molecule has 0 bridgehead atoms. The number of hydrogen-bond acceptors (Lipinski definition) is 5. The van der Waals surface area contributed by atoms with Gasteiger partial charge in [0.1, 0.15) is 16.8 Å². The first-order chi connectivity index (χ1) is 11.1. The first-order valence-corrected chi connectivity index (χ1v) is 6.80. The molecule has 0 saturated carbocycles. The van der Waals surface area contributed by atoms with Gasteiger partial charge in [-0.25, -0.2) is 0 Å².